The number of aliphatic hydroxyl groups is 10. The lowest BCUT2D eigenvalue weighted by atomic mass is 9.82. The predicted molar refractivity (Wildman–Crippen MR) is 262 cm³/mol. The molecule has 0 aromatic rings. The molecule has 0 aromatic carbocycles. The Bertz CT molecular complexity index is 1940. The van der Waals surface area contributed by atoms with Crippen molar-refractivity contribution in [3.63, 3.8) is 0 Å². The average molecular weight is 1040 g/mol. The number of hydrogen-bond acceptors (Lipinski definition) is 19. The summed E-state index contributed by atoms with van der Waals surface area (Å²) in [6, 6.07) is -1.36. The van der Waals surface area contributed by atoms with Crippen molar-refractivity contribution in [1.82, 2.24) is 5.32 Å². The van der Waals surface area contributed by atoms with Crippen LogP contribution in [0.25, 0.3) is 0 Å². The smallest absolute Gasteiger partial charge is 0.311 e. The van der Waals surface area contributed by atoms with Gasteiger partial charge in [-0.1, -0.05) is 98.9 Å². The van der Waals surface area contributed by atoms with Crippen LogP contribution in [-0.2, 0) is 42.9 Å². The van der Waals surface area contributed by atoms with Crippen molar-refractivity contribution in [1.29, 1.82) is 0 Å². The summed E-state index contributed by atoms with van der Waals surface area (Å²) in [5, 5.41) is 123. The minimum Gasteiger partial charge on any atom is -0.481 e. The molecule has 2 saturated heterocycles. The number of amides is 1. The monoisotopic (exact) mass is 1040 g/mol. The molecule has 0 spiro atoms. The van der Waals surface area contributed by atoms with E-state index in [0.29, 0.717) is 0 Å². The molecule has 73 heavy (non-hydrogen) atoms. The highest BCUT2D eigenvalue weighted by atomic mass is 16.7. The van der Waals surface area contributed by atoms with Gasteiger partial charge < -0.3 is 85.2 Å². The molecule has 19 atom stereocenters. The molecule has 3 aliphatic rings. The molecule has 2 fully saturated rings. The van der Waals surface area contributed by atoms with Crippen LogP contribution in [0.5, 0.6) is 0 Å². The molecule has 0 aromatic heterocycles. The first-order valence-corrected chi connectivity index (χ1v) is 24.8. The number of carboxylic acid groups (broad SMARTS) is 1. The van der Waals surface area contributed by atoms with E-state index in [9.17, 15) is 75.3 Å². The average Bonchev–Trinajstić information content (AvgIpc) is 3.31. The van der Waals surface area contributed by atoms with Crippen molar-refractivity contribution in [3.8, 4) is 0 Å². The molecule has 3 rings (SSSR count). The topological polar surface area (TPSA) is 349 Å². The maximum absolute atomic E-state index is 12.7. The lowest BCUT2D eigenvalue weighted by molar-refractivity contribution is -0.309. The van der Waals surface area contributed by atoms with Crippen molar-refractivity contribution in [2.24, 2.45) is 17.8 Å². The van der Waals surface area contributed by atoms with Crippen LogP contribution >= 0.6 is 0 Å². The highest BCUT2D eigenvalue weighted by Gasteiger charge is 2.51. The zero-order valence-electron chi connectivity index (χ0n) is 42.1. The molecule has 0 aliphatic carbocycles. The lowest BCUT2D eigenvalue weighted by Crippen LogP contribution is -2.64. The van der Waals surface area contributed by atoms with E-state index >= 15 is 0 Å². The van der Waals surface area contributed by atoms with Gasteiger partial charge in [-0.3, -0.25) is 19.2 Å². The van der Waals surface area contributed by atoms with E-state index in [0.717, 1.165) is 7.11 Å². The molecule has 1 amide bonds. The number of aliphatic carboxylic acids is 1. The van der Waals surface area contributed by atoms with Crippen molar-refractivity contribution in [3.05, 3.63) is 85.1 Å². The van der Waals surface area contributed by atoms with Gasteiger partial charge in [0.2, 0.25) is 5.91 Å². The van der Waals surface area contributed by atoms with Crippen molar-refractivity contribution < 1.29 is 99.0 Å². The molecular formula is C52H79NO20. The Balaban J connectivity index is 1.92. The zero-order valence-corrected chi connectivity index (χ0v) is 42.1. The SMILES string of the molecule is COC(=O)CCC(=O)N[C@@H]1[C@H](O)[C@H](O[C@H]2C=CC=CC=CC=CC=CC=CC=C[C@H](C)[C@@H](O)[C@@H](C)[C@H](C)OC(=O)C[C@H](O)C[C@H](O)CC[C@@H](O)[C@H](O)C[C@H](O)C[C@]3(O)C[C@H](O)[C@@H](C(=O)O)[C@H](C2)O3)O[C@H](C)[C@H]1O. The van der Waals surface area contributed by atoms with Gasteiger partial charge in [-0.2, -0.15) is 0 Å². The van der Waals surface area contributed by atoms with Crippen LogP contribution in [0, 0.1) is 17.8 Å². The fourth-order valence-corrected chi connectivity index (χ4v) is 8.68. The van der Waals surface area contributed by atoms with Crippen LogP contribution in [0.4, 0.5) is 0 Å². The number of cyclic esters (lactones) is 1. The van der Waals surface area contributed by atoms with E-state index in [1.165, 1.54) is 19.1 Å². The van der Waals surface area contributed by atoms with Gasteiger partial charge in [-0.25, -0.2) is 0 Å². The number of carbonyl (C=O) groups excluding carboxylic acids is 3. The largest absolute Gasteiger partial charge is 0.481 e. The van der Waals surface area contributed by atoms with E-state index in [1.807, 2.05) is 6.92 Å². The number of carbonyl (C=O) groups is 4. The van der Waals surface area contributed by atoms with E-state index in [4.69, 9.17) is 18.9 Å². The van der Waals surface area contributed by atoms with Crippen molar-refractivity contribution in [2.45, 2.75) is 189 Å². The molecule has 2 bridgehead atoms. The molecule has 21 heteroatoms. The Morgan fingerprint density at radius 3 is 1.85 bits per heavy atom. The standard InChI is InChI=1S/C52H79NO20/c1-30-18-16-14-12-10-8-6-7-9-11-13-15-17-19-37(72-51-49(65)46(48(64)33(4)71-51)53-42(60)22-23-43(61)69-5)27-41-45(50(66)67)40(59)29-52(68,73-41)28-36(56)25-39(58)38(57)21-20-34(54)24-35(55)26-44(62)70-32(3)31(2)47(30)63/h6-19,30-41,45-49,51,54-59,63-65,68H,20-29H2,1-5H3,(H,53,60)(H,66,67)/t30-,31-,32-,33+,34+,35+,36-,37-,38+,39+,40-,41-,45+,46-,47+,48+,49-,51-,52+/m0/s1. The maximum Gasteiger partial charge on any atom is 0.311 e. The number of rotatable bonds is 7. The summed E-state index contributed by atoms with van der Waals surface area (Å²) in [5.74, 6) is -8.44. The predicted octanol–water partition coefficient (Wildman–Crippen LogP) is 0.822. The summed E-state index contributed by atoms with van der Waals surface area (Å²) in [6.45, 7) is 6.64. The van der Waals surface area contributed by atoms with Crippen LogP contribution in [0.3, 0.4) is 0 Å². The third-order valence-electron chi connectivity index (χ3n) is 13.1. The fourth-order valence-electron chi connectivity index (χ4n) is 8.68. The Hall–Kier alpha value is -4.46. The van der Waals surface area contributed by atoms with Gasteiger partial charge in [0.25, 0.3) is 0 Å². The summed E-state index contributed by atoms with van der Waals surface area (Å²) >= 11 is 0. The van der Waals surface area contributed by atoms with Crippen LogP contribution < -0.4 is 5.32 Å². The van der Waals surface area contributed by atoms with Crippen molar-refractivity contribution in [2.75, 3.05) is 7.11 Å². The van der Waals surface area contributed by atoms with E-state index in [2.05, 4.69) is 10.1 Å². The molecule has 3 aliphatic heterocycles. The molecule has 0 saturated carbocycles. The third kappa shape index (κ3) is 21.7. The number of aliphatic hydroxyl groups excluding tert-OH is 9. The Morgan fingerprint density at radius 1 is 0.671 bits per heavy atom. The molecule has 0 unspecified atom stereocenters. The van der Waals surface area contributed by atoms with Crippen LogP contribution in [0.1, 0.15) is 91.9 Å². The molecule has 412 valence electrons. The second kappa shape index (κ2) is 31.4. The third-order valence-corrected chi connectivity index (χ3v) is 13.1. The lowest BCUT2D eigenvalue weighted by Gasteiger charge is -2.45. The second-order valence-corrected chi connectivity index (χ2v) is 19.2. The second-order valence-electron chi connectivity index (χ2n) is 19.2. The molecule has 21 nitrogen and oxygen atoms in total. The van der Waals surface area contributed by atoms with Crippen LogP contribution in [0.15, 0.2) is 85.1 Å². The molecule has 12 N–H and O–H groups in total. The summed E-state index contributed by atoms with van der Waals surface area (Å²) in [7, 11) is 1.16. The van der Waals surface area contributed by atoms with Crippen LogP contribution in [0.2, 0.25) is 0 Å². The molecule has 0 radical (unpaired) electrons. The highest BCUT2D eigenvalue weighted by molar-refractivity contribution is 5.81. The quantitative estimate of drug-likeness (QED) is 0.157. The van der Waals surface area contributed by atoms with Gasteiger partial charge in [0.05, 0.1) is 87.0 Å². The highest BCUT2D eigenvalue weighted by Crippen LogP contribution is 2.38. The minimum atomic E-state index is -2.40. The molecule has 3 heterocycles. The minimum absolute atomic E-state index is 0.135. The van der Waals surface area contributed by atoms with Gasteiger partial charge in [0.15, 0.2) is 12.1 Å². The number of fused-ring (bicyclic) bond motifs is 2. The zero-order chi connectivity index (χ0) is 54.4. The Labute approximate surface area is 426 Å². The number of hydrogen-bond donors (Lipinski definition) is 12. The normalized spacial score (nSPS) is 38.5. The number of methoxy groups -OCH3 is 1. The van der Waals surface area contributed by atoms with E-state index in [1.54, 1.807) is 86.8 Å². The first-order valence-electron chi connectivity index (χ1n) is 24.8. The number of nitrogens with one attached hydrogen (secondary N) is 1. The van der Waals surface area contributed by atoms with Gasteiger partial charge in [0.1, 0.15) is 24.2 Å². The number of allylic oxidation sites excluding steroid dienone is 12. The summed E-state index contributed by atoms with van der Waals surface area (Å²) in [6.07, 6.45) is 0.753. The van der Waals surface area contributed by atoms with Gasteiger partial charge in [-0.05, 0) is 33.1 Å². The maximum atomic E-state index is 12.7. The number of ether oxygens (including phenoxy) is 5. The Morgan fingerprint density at radius 2 is 1.26 bits per heavy atom. The van der Waals surface area contributed by atoms with E-state index < -0.39 is 165 Å². The van der Waals surface area contributed by atoms with Gasteiger partial charge in [-0.15, -0.1) is 0 Å². The number of esters is 2. The first-order chi connectivity index (χ1) is 34.4. The van der Waals surface area contributed by atoms with Crippen LogP contribution in [-0.4, -0.2) is 185 Å². The van der Waals surface area contributed by atoms with Gasteiger partial charge in [0, 0.05) is 43.9 Å². The van der Waals surface area contributed by atoms with Gasteiger partial charge >= 0.3 is 17.9 Å². The fraction of sp³-hybridized carbons (Fsp3) is 0.654. The molecular weight excluding hydrogens is 959 g/mol. The summed E-state index contributed by atoms with van der Waals surface area (Å²) < 4.78 is 28.0. The number of carboxylic acids is 1. The van der Waals surface area contributed by atoms with E-state index in [-0.39, 0.29) is 38.0 Å². The summed E-state index contributed by atoms with van der Waals surface area (Å²) in [4.78, 5) is 49.7. The van der Waals surface area contributed by atoms with Crippen molar-refractivity contribution >= 4 is 23.8 Å². The summed E-state index contributed by atoms with van der Waals surface area (Å²) in [5.41, 5.74) is 0. The Kier molecular flexibility index (Phi) is 27.1. The first kappa shape index (κ1) is 62.8.